The molecule has 3 rings (SSSR count). The number of aliphatic carboxylic acids is 1. The highest BCUT2D eigenvalue weighted by atomic mass is 32.2. The normalized spacial score (nSPS) is 12.0. The van der Waals surface area contributed by atoms with Gasteiger partial charge >= 0.3 is 5.97 Å². The second-order valence-electron chi connectivity index (χ2n) is 4.49. The molecule has 6 heteroatoms. The number of aromatic nitrogens is 2. The molecule has 0 saturated carbocycles. The highest BCUT2D eigenvalue weighted by Gasteiger charge is 2.24. The van der Waals surface area contributed by atoms with Crippen LogP contribution < -0.4 is 0 Å². The van der Waals surface area contributed by atoms with E-state index >= 15 is 0 Å². The van der Waals surface area contributed by atoms with Gasteiger partial charge in [-0.2, -0.15) is 0 Å². The molecule has 0 saturated heterocycles. The van der Waals surface area contributed by atoms with Gasteiger partial charge in [0.05, 0.1) is 0 Å². The maximum Gasteiger partial charge on any atom is 0.321 e. The van der Waals surface area contributed by atoms with Crippen LogP contribution in [0.2, 0.25) is 0 Å². The molecular weight excluding hydrogens is 300 g/mol. The van der Waals surface area contributed by atoms with Crippen LogP contribution in [0.4, 0.5) is 0 Å². The summed E-state index contributed by atoms with van der Waals surface area (Å²) in [6, 6.07) is 18.3. The van der Waals surface area contributed by atoms with Crippen molar-refractivity contribution in [2.24, 2.45) is 0 Å². The fourth-order valence-corrected chi connectivity index (χ4v) is 2.76. The lowest BCUT2D eigenvalue weighted by Crippen LogP contribution is -2.07. The molecule has 110 valence electrons. The molecule has 3 aromatic rings. The molecule has 0 aliphatic heterocycles. The second-order valence-corrected chi connectivity index (χ2v) is 5.54. The van der Waals surface area contributed by atoms with Gasteiger partial charge in [-0.05, 0) is 29.5 Å². The number of nitrogens with zero attached hydrogens (tertiary/aromatic N) is 2. The summed E-state index contributed by atoms with van der Waals surface area (Å²) in [5.41, 5.74) is 1.48. The van der Waals surface area contributed by atoms with E-state index in [1.165, 1.54) is 0 Å². The van der Waals surface area contributed by atoms with Gasteiger partial charge in [-0.3, -0.25) is 4.79 Å². The lowest BCUT2D eigenvalue weighted by atomic mass is 10.1. The first-order valence-electron chi connectivity index (χ1n) is 6.57. The van der Waals surface area contributed by atoms with Gasteiger partial charge in [0, 0.05) is 5.56 Å². The zero-order valence-electron chi connectivity index (χ0n) is 11.4. The van der Waals surface area contributed by atoms with Crippen LogP contribution in [0.25, 0.3) is 11.5 Å². The topological polar surface area (TPSA) is 76.2 Å². The lowest BCUT2D eigenvalue weighted by Gasteiger charge is -2.09. The van der Waals surface area contributed by atoms with Crippen LogP contribution in [-0.2, 0) is 4.79 Å². The van der Waals surface area contributed by atoms with E-state index in [0.29, 0.717) is 11.5 Å². The molecule has 0 fully saturated rings. The minimum Gasteiger partial charge on any atom is -0.480 e. The Kier molecular flexibility index (Phi) is 4.20. The fraction of sp³-hybridized carbons (Fsp3) is 0.0625. The Morgan fingerprint density at radius 2 is 1.64 bits per heavy atom. The number of hydrogen-bond donors (Lipinski definition) is 1. The van der Waals surface area contributed by atoms with Crippen molar-refractivity contribution in [1.29, 1.82) is 0 Å². The smallest absolute Gasteiger partial charge is 0.321 e. The van der Waals surface area contributed by atoms with E-state index in [4.69, 9.17) is 4.42 Å². The first kappa shape index (κ1) is 14.3. The quantitative estimate of drug-likeness (QED) is 0.725. The molecule has 0 bridgehead atoms. The molecule has 0 aliphatic carbocycles. The Hall–Kier alpha value is -2.60. The van der Waals surface area contributed by atoms with Gasteiger partial charge in [0.1, 0.15) is 5.25 Å². The van der Waals surface area contributed by atoms with Crippen molar-refractivity contribution in [2.45, 2.75) is 10.5 Å². The highest BCUT2D eigenvalue weighted by molar-refractivity contribution is 8.00. The van der Waals surface area contributed by atoms with Gasteiger partial charge in [-0.1, -0.05) is 48.5 Å². The monoisotopic (exact) mass is 312 g/mol. The zero-order chi connectivity index (χ0) is 15.4. The molecule has 22 heavy (non-hydrogen) atoms. The summed E-state index contributed by atoms with van der Waals surface area (Å²) in [5, 5.41) is 16.7. The van der Waals surface area contributed by atoms with E-state index in [9.17, 15) is 9.90 Å². The summed E-state index contributed by atoms with van der Waals surface area (Å²) in [7, 11) is 0. The Morgan fingerprint density at radius 1 is 1.00 bits per heavy atom. The van der Waals surface area contributed by atoms with Crippen molar-refractivity contribution in [2.75, 3.05) is 0 Å². The largest absolute Gasteiger partial charge is 0.480 e. The third-order valence-corrected chi connectivity index (χ3v) is 4.05. The molecule has 1 aromatic heterocycles. The van der Waals surface area contributed by atoms with Gasteiger partial charge in [0.15, 0.2) is 0 Å². The van der Waals surface area contributed by atoms with Crippen molar-refractivity contribution in [1.82, 2.24) is 10.2 Å². The molecule has 1 N–H and O–H groups in total. The summed E-state index contributed by atoms with van der Waals surface area (Å²) in [6.07, 6.45) is 0. The Balaban J connectivity index is 1.83. The van der Waals surface area contributed by atoms with Gasteiger partial charge in [0.25, 0.3) is 5.22 Å². The molecule has 5 nitrogen and oxygen atoms in total. The van der Waals surface area contributed by atoms with Crippen LogP contribution >= 0.6 is 11.8 Å². The molecule has 0 radical (unpaired) electrons. The fourth-order valence-electron chi connectivity index (χ4n) is 1.94. The maximum atomic E-state index is 11.5. The third-order valence-electron chi connectivity index (χ3n) is 2.97. The zero-order valence-corrected chi connectivity index (χ0v) is 12.2. The van der Waals surface area contributed by atoms with Crippen LogP contribution in [0.15, 0.2) is 70.3 Å². The maximum absolute atomic E-state index is 11.5. The molecule has 1 unspecified atom stereocenters. The molecular formula is C16H12N2O3S. The number of thioether (sulfide) groups is 1. The van der Waals surface area contributed by atoms with Gasteiger partial charge in [-0.15, -0.1) is 10.2 Å². The first-order valence-corrected chi connectivity index (χ1v) is 7.45. The summed E-state index contributed by atoms with van der Waals surface area (Å²) < 4.78 is 5.55. The van der Waals surface area contributed by atoms with Crippen LogP contribution in [0.1, 0.15) is 10.8 Å². The van der Waals surface area contributed by atoms with Gasteiger partial charge in [0.2, 0.25) is 5.89 Å². The standard InChI is InChI=1S/C16H12N2O3S/c19-15(20)13(11-7-3-1-4-8-11)22-16-18-17-14(21-16)12-9-5-2-6-10-12/h1-10,13H,(H,19,20). The lowest BCUT2D eigenvalue weighted by molar-refractivity contribution is -0.136. The third kappa shape index (κ3) is 3.17. The van der Waals surface area contributed by atoms with Crippen LogP contribution in [0.5, 0.6) is 0 Å². The van der Waals surface area contributed by atoms with Crippen LogP contribution in [-0.4, -0.2) is 21.3 Å². The van der Waals surface area contributed by atoms with Crippen molar-refractivity contribution in [3.8, 4) is 11.5 Å². The van der Waals surface area contributed by atoms with Gasteiger partial charge in [-0.25, -0.2) is 0 Å². The minimum absolute atomic E-state index is 0.232. The van der Waals surface area contributed by atoms with Crippen LogP contribution in [0, 0.1) is 0 Å². The SMILES string of the molecule is O=C(O)C(Sc1nnc(-c2ccccc2)o1)c1ccccc1. The Morgan fingerprint density at radius 3 is 2.27 bits per heavy atom. The second kappa shape index (κ2) is 6.44. The number of carbonyl (C=O) groups is 1. The summed E-state index contributed by atoms with van der Waals surface area (Å²) in [5.74, 6) is -0.573. The van der Waals surface area contributed by atoms with E-state index < -0.39 is 11.2 Å². The van der Waals surface area contributed by atoms with E-state index in [-0.39, 0.29) is 5.22 Å². The van der Waals surface area contributed by atoms with Crippen molar-refractivity contribution < 1.29 is 14.3 Å². The Labute approximate surface area is 131 Å². The summed E-state index contributed by atoms with van der Waals surface area (Å²) in [4.78, 5) is 11.5. The van der Waals surface area contributed by atoms with E-state index in [1.807, 2.05) is 36.4 Å². The van der Waals surface area contributed by atoms with Crippen LogP contribution in [0.3, 0.4) is 0 Å². The highest BCUT2D eigenvalue weighted by Crippen LogP contribution is 2.35. The number of carboxylic acid groups (broad SMARTS) is 1. The summed E-state index contributed by atoms with van der Waals surface area (Å²) >= 11 is 1.03. The number of rotatable bonds is 5. The van der Waals surface area contributed by atoms with Crippen molar-refractivity contribution in [3.05, 3.63) is 66.2 Å². The average molecular weight is 312 g/mol. The van der Waals surface area contributed by atoms with Crippen molar-refractivity contribution >= 4 is 17.7 Å². The minimum atomic E-state index is -0.948. The number of carboxylic acids is 1. The molecule has 2 aromatic carbocycles. The number of benzene rings is 2. The summed E-state index contributed by atoms with van der Waals surface area (Å²) in [6.45, 7) is 0. The van der Waals surface area contributed by atoms with E-state index in [2.05, 4.69) is 10.2 Å². The van der Waals surface area contributed by atoms with Gasteiger partial charge < -0.3 is 9.52 Å². The Bertz CT molecular complexity index is 759. The van der Waals surface area contributed by atoms with E-state index in [1.54, 1.807) is 24.3 Å². The van der Waals surface area contributed by atoms with Crippen molar-refractivity contribution in [3.63, 3.8) is 0 Å². The molecule has 1 heterocycles. The predicted octanol–water partition coefficient (Wildman–Crippen LogP) is 3.65. The predicted molar refractivity (Wildman–Crippen MR) is 82.4 cm³/mol. The number of hydrogen-bond acceptors (Lipinski definition) is 5. The molecule has 1 atom stereocenters. The van der Waals surface area contributed by atoms with E-state index in [0.717, 1.165) is 17.3 Å². The average Bonchev–Trinajstić information content (AvgIpc) is 3.03. The molecule has 0 amide bonds. The first-order chi connectivity index (χ1) is 10.7. The molecule has 0 aliphatic rings. The molecule has 0 spiro atoms.